The number of halogens is 2. The van der Waals surface area contributed by atoms with E-state index in [4.69, 9.17) is 35.4 Å². The highest BCUT2D eigenvalue weighted by Gasteiger charge is 2.41. The second kappa shape index (κ2) is 14.8. The molecule has 1 aliphatic carbocycles. The highest BCUT2D eigenvalue weighted by Crippen LogP contribution is 2.46. The number of benzene rings is 1. The van der Waals surface area contributed by atoms with E-state index in [0.717, 1.165) is 37.9 Å². The van der Waals surface area contributed by atoms with E-state index in [1.807, 2.05) is 18.7 Å². The van der Waals surface area contributed by atoms with Crippen LogP contribution < -0.4 is 10.6 Å². The summed E-state index contributed by atoms with van der Waals surface area (Å²) in [6, 6.07) is 4.02. The third kappa shape index (κ3) is 8.37. The number of carboxylic acid groups (broad SMARTS) is 1. The van der Waals surface area contributed by atoms with Crippen molar-refractivity contribution in [2.45, 2.75) is 57.9 Å². The molecule has 0 bridgehead atoms. The molecule has 9 heteroatoms. The third-order valence-electron chi connectivity index (χ3n) is 6.44. The Labute approximate surface area is 233 Å². The Hall–Kier alpha value is -1.80. The van der Waals surface area contributed by atoms with Crippen LogP contribution >= 0.6 is 47.2 Å². The average molecular weight is 570 g/mol. The topological polar surface area (TPSA) is 78.4 Å². The van der Waals surface area contributed by atoms with Crippen molar-refractivity contribution in [3.05, 3.63) is 69.9 Å². The monoisotopic (exact) mass is 568 g/mol. The molecule has 1 aromatic carbocycles. The number of carbonyl (C=O) groups excluding carboxylic acids is 1. The minimum absolute atomic E-state index is 0.0869. The average Bonchev–Trinajstić information content (AvgIpc) is 2.81. The quantitative estimate of drug-likeness (QED) is 0.125. The number of thiocarbonyl (C=S) groups is 1. The second-order valence-corrected chi connectivity index (χ2v) is 11.0. The first kappa shape index (κ1) is 30.4. The number of aliphatic carboxylic acids is 1. The number of hydrogen-bond acceptors (Lipinski definition) is 4. The van der Waals surface area contributed by atoms with Crippen LogP contribution in [0.1, 0.15) is 62.2 Å². The molecule has 1 aliphatic rings. The van der Waals surface area contributed by atoms with Crippen LogP contribution in [0.3, 0.4) is 0 Å². The van der Waals surface area contributed by atoms with Crippen molar-refractivity contribution in [2.24, 2.45) is 5.41 Å². The molecular weight excluding hydrogens is 535 g/mol. The predicted molar refractivity (Wildman–Crippen MR) is 156 cm³/mol. The van der Waals surface area contributed by atoms with Gasteiger partial charge in [-0.15, -0.1) is 0 Å². The number of nitrogens with one attached hydrogen (secondary N) is 2. The van der Waals surface area contributed by atoms with Gasteiger partial charge in [0, 0.05) is 17.5 Å². The van der Waals surface area contributed by atoms with Gasteiger partial charge in [0.2, 0.25) is 0 Å². The van der Waals surface area contributed by atoms with E-state index in [0.29, 0.717) is 22.7 Å². The summed E-state index contributed by atoms with van der Waals surface area (Å²) >= 11 is 19.8. The summed E-state index contributed by atoms with van der Waals surface area (Å²) in [6.45, 7) is 5.74. The van der Waals surface area contributed by atoms with Gasteiger partial charge in [0.15, 0.2) is 0 Å². The molecule has 0 saturated heterocycles. The van der Waals surface area contributed by atoms with Crippen molar-refractivity contribution < 1.29 is 14.7 Å². The maximum atomic E-state index is 12.7. The van der Waals surface area contributed by atoms with E-state index in [9.17, 15) is 14.7 Å². The number of rotatable bonds is 14. The summed E-state index contributed by atoms with van der Waals surface area (Å²) in [5.74, 6) is -0.304. The van der Waals surface area contributed by atoms with Gasteiger partial charge in [-0.25, -0.2) is 4.79 Å². The Bertz CT molecular complexity index is 1020. The molecule has 1 atom stereocenters. The lowest BCUT2D eigenvalue weighted by Crippen LogP contribution is -2.50. The highest BCUT2D eigenvalue weighted by atomic mass is 35.5. The molecule has 1 saturated carbocycles. The Morgan fingerprint density at radius 3 is 2.44 bits per heavy atom. The maximum Gasteiger partial charge on any atom is 0.326 e. The van der Waals surface area contributed by atoms with Crippen LogP contribution in [0.5, 0.6) is 0 Å². The van der Waals surface area contributed by atoms with E-state index < -0.39 is 17.9 Å². The van der Waals surface area contributed by atoms with Gasteiger partial charge < -0.3 is 15.7 Å². The number of allylic oxidation sites excluding steroid dienone is 4. The SMILES string of the molecule is C=C/C(=C\C=C(/CC)NC(=O)c1c(Cl)cccc1Cl)CC(NC(=S)C1(CCCSC)CCC1)C(=O)O. The summed E-state index contributed by atoms with van der Waals surface area (Å²) in [5, 5.41) is 16.4. The maximum absolute atomic E-state index is 12.7. The standard InChI is InChI=1S/C27H34Cl2N2O3S2/c1-4-18(11-12-19(5-2)30-24(32)23-20(28)9-6-10-21(23)29)17-22(25(33)34)31-26(35)27(13-7-14-27)15-8-16-36-3/h4,6,9-12,22H,1,5,7-8,13-17H2,2-3H3,(H,30,32)(H,31,35)(H,33,34)/b18-11+,19-12+. The first-order chi connectivity index (χ1) is 17.2. The first-order valence-electron chi connectivity index (χ1n) is 12.0. The van der Waals surface area contributed by atoms with Crippen molar-refractivity contribution in [1.29, 1.82) is 0 Å². The van der Waals surface area contributed by atoms with Gasteiger partial charge in [-0.05, 0) is 67.9 Å². The molecule has 196 valence electrons. The number of carboxylic acids is 1. The van der Waals surface area contributed by atoms with Crippen LogP contribution in [0.4, 0.5) is 0 Å². The molecule has 1 aromatic rings. The largest absolute Gasteiger partial charge is 0.480 e. The molecule has 0 radical (unpaired) electrons. The number of amides is 1. The van der Waals surface area contributed by atoms with E-state index in [1.54, 1.807) is 36.4 Å². The normalized spacial score (nSPS) is 16.0. The number of hydrogen-bond donors (Lipinski definition) is 3. The molecule has 3 N–H and O–H groups in total. The van der Waals surface area contributed by atoms with Gasteiger partial charge in [-0.2, -0.15) is 11.8 Å². The number of carbonyl (C=O) groups is 2. The summed E-state index contributed by atoms with van der Waals surface area (Å²) < 4.78 is 0. The van der Waals surface area contributed by atoms with Crippen molar-refractivity contribution in [3.8, 4) is 0 Å². The molecule has 1 fully saturated rings. The Morgan fingerprint density at radius 2 is 1.94 bits per heavy atom. The van der Waals surface area contributed by atoms with Crippen molar-refractivity contribution in [3.63, 3.8) is 0 Å². The lowest BCUT2D eigenvalue weighted by molar-refractivity contribution is -0.139. The Kier molecular flexibility index (Phi) is 12.5. The third-order valence-corrected chi connectivity index (χ3v) is 8.32. The fraction of sp³-hybridized carbons (Fsp3) is 0.444. The van der Waals surface area contributed by atoms with Crippen LogP contribution in [-0.2, 0) is 4.79 Å². The first-order valence-corrected chi connectivity index (χ1v) is 14.5. The molecule has 0 aliphatic heterocycles. The minimum Gasteiger partial charge on any atom is -0.480 e. The van der Waals surface area contributed by atoms with Crippen molar-refractivity contribution in [1.82, 2.24) is 10.6 Å². The van der Waals surface area contributed by atoms with Gasteiger partial charge in [0.05, 0.1) is 20.6 Å². The predicted octanol–water partition coefficient (Wildman–Crippen LogP) is 7.20. The van der Waals surface area contributed by atoms with Crippen molar-refractivity contribution >= 4 is 64.0 Å². The van der Waals surface area contributed by atoms with Crippen LogP contribution in [0, 0.1) is 5.41 Å². The van der Waals surface area contributed by atoms with Crippen LogP contribution in [0.2, 0.25) is 10.0 Å². The molecule has 5 nitrogen and oxygen atoms in total. The van der Waals surface area contributed by atoms with Crippen LogP contribution in [0.15, 0.2) is 54.3 Å². The molecular formula is C27H34Cl2N2O3S2. The fourth-order valence-electron chi connectivity index (χ4n) is 4.09. The fourth-order valence-corrected chi connectivity index (χ4v) is 5.54. The van der Waals surface area contributed by atoms with Gasteiger partial charge in [-0.1, -0.05) is 73.6 Å². The summed E-state index contributed by atoms with van der Waals surface area (Å²) in [5.41, 5.74) is 1.46. The zero-order chi connectivity index (χ0) is 26.7. The van der Waals surface area contributed by atoms with E-state index in [1.165, 1.54) is 0 Å². The van der Waals surface area contributed by atoms with Gasteiger partial charge >= 0.3 is 5.97 Å². The summed E-state index contributed by atoms with van der Waals surface area (Å²) in [7, 11) is 0. The Balaban J connectivity index is 2.12. The molecule has 36 heavy (non-hydrogen) atoms. The number of thioether (sulfide) groups is 1. The van der Waals surface area contributed by atoms with Gasteiger partial charge in [0.25, 0.3) is 5.91 Å². The van der Waals surface area contributed by atoms with Gasteiger partial charge in [0.1, 0.15) is 6.04 Å². The lowest BCUT2D eigenvalue weighted by Gasteiger charge is -2.43. The van der Waals surface area contributed by atoms with E-state index in [-0.39, 0.29) is 27.4 Å². The molecule has 1 unspecified atom stereocenters. The molecule has 0 spiro atoms. The van der Waals surface area contributed by atoms with Crippen LogP contribution in [-0.4, -0.2) is 40.0 Å². The zero-order valence-electron chi connectivity index (χ0n) is 20.7. The highest BCUT2D eigenvalue weighted by molar-refractivity contribution is 7.98. The van der Waals surface area contributed by atoms with Crippen LogP contribution in [0.25, 0.3) is 0 Å². The zero-order valence-corrected chi connectivity index (χ0v) is 23.9. The van der Waals surface area contributed by atoms with Crippen molar-refractivity contribution in [2.75, 3.05) is 12.0 Å². The lowest BCUT2D eigenvalue weighted by atomic mass is 9.66. The summed E-state index contributed by atoms with van der Waals surface area (Å²) in [4.78, 5) is 25.4. The molecule has 0 aromatic heterocycles. The van der Waals surface area contributed by atoms with Gasteiger partial charge in [-0.3, -0.25) is 4.79 Å². The molecule has 2 rings (SSSR count). The molecule has 0 heterocycles. The Morgan fingerprint density at radius 1 is 1.28 bits per heavy atom. The smallest absolute Gasteiger partial charge is 0.326 e. The minimum atomic E-state index is -0.968. The van der Waals surface area contributed by atoms with E-state index in [2.05, 4.69) is 23.5 Å². The van der Waals surface area contributed by atoms with E-state index >= 15 is 0 Å². The summed E-state index contributed by atoms with van der Waals surface area (Å²) in [6.07, 6.45) is 13.1. The second-order valence-electron chi connectivity index (χ2n) is 8.84. The molecule has 1 amide bonds.